The van der Waals surface area contributed by atoms with Gasteiger partial charge in [0, 0.05) is 6.26 Å². The number of terminal acetylenes is 1. The number of alkyl halides is 3. The van der Waals surface area contributed by atoms with E-state index in [2.05, 4.69) is 5.92 Å². The Hall–Kier alpha value is -1.75. The number of allylic oxidation sites excluding steroid dienone is 1. The van der Waals surface area contributed by atoms with E-state index in [1.807, 2.05) is 6.07 Å². The van der Waals surface area contributed by atoms with Crippen LogP contribution in [0.25, 0.3) is 0 Å². The first kappa shape index (κ1) is 20.6. The summed E-state index contributed by atoms with van der Waals surface area (Å²) in [4.78, 5) is 0.139. The van der Waals surface area contributed by atoms with Crippen LogP contribution in [0.5, 0.6) is 0 Å². The van der Waals surface area contributed by atoms with Crippen LogP contribution in [-0.4, -0.2) is 21.6 Å². The molecular weight excluding hydrogens is 412 g/mol. The van der Waals surface area contributed by atoms with Gasteiger partial charge in [-0.05, 0) is 12.1 Å². The number of anilines is 1. The first-order valence-electron chi connectivity index (χ1n) is 6.84. The maximum Gasteiger partial charge on any atom is 0.416 e. The zero-order chi connectivity index (χ0) is 19.8. The summed E-state index contributed by atoms with van der Waals surface area (Å²) in [6.07, 6.45) is 1.93. The predicted molar refractivity (Wildman–Crippen MR) is 93.9 cm³/mol. The molecule has 0 bridgehead atoms. The summed E-state index contributed by atoms with van der Waals surface area (Å²) < 4.78 is 50.9. The third-order valence-electron chi connectivity index (χ3n) is 3.54. The van der Waals surface area contributed by atoms with E-state index in [-0.39, 0.29) is 32.8 Å². The highest BCUT2D eigenvalue weighted by molar-refractivity contribution is 7.88. The van der Waals surface area contributed by atoms with Crippen LogP contribution in [0.15, 0.2) is 22.7 Å². The SMILES string of the molecule is C#CCC1=C(S(C)=O)C(C#N)N(N)N1c1c(Cl)cc(C(F)(F)F)cc1Cl. The minimum absolute atomic E-state index is 0.0882. The van der Waals surface area contributed by atoms with E-state index in [4.69, 9.17) is 35.5 Å². The Morgan fingerprint density at radius 1 is 1.38 bits per heavy atom. The molecule has 1 aromatic carbocycles. The topological polar surface area (TPSA) is 73.4 Å². The third kappa shape index (κ3) is 3.54. The molecule has 2 unspecified atom stereocenters. The van der Waals surface area contributed by atoms with Gasteiger partial charge in [0.05, 0.1) is 55.2 Å². The highest BCUT2D eigenvalue weighted by Gasteiger charge is 2.42. The predicted octanol–water partition coefficient (Wildman–Crippen LogP) is 3.43. The molecule has 0 aliphatic carbocycles. The molecule has 5 nitrogen and oxygen atoms in total. The molecule has 1 heterocycles. The molecule has 0 saturated heterocycles. The molecule has 0 radical (unpaired) electrons. The molecule has 0 amide bonds. The second kappa shape index (κ2) is 7.47. The number of hydrogen-bond donors (Lipinski definition) is 1. The van der Waals surface area contributed by atoms with Gasteiger partial charge in [-0.15, -0.1) is 17.5 Å². The van der Waals surface area contributed by atoms with Gasteiger partial charge in [-0.2, -0.15) is 18.4 Å². The lowest BCUT2D eigenvalue weighted by Gasteiger charge is -2.31. The maximum atomic E-state index is 12.9. The van der Waals surface area contributed by atoms with Crippen LogP contribution < -0.4 is 10.9 Å². The van der Waals surface area contributed by atoms with E-state index in [9.17, 15) is 22.6 Å². The van der Waals surface area contributed by atoms with E-state index in [0.717, 1.165) is 10.1 Å². The second-order valence-electron chi connectivity index (χ2n) is 5.16. The van der Waals surface area contributed by atoms with Crippen LogP contribution in [0.3, 0.4) is 0 Å². The molecule has 1 aromatic rings. The average molecular weight is 423 g/mol. The van der Waals surface area contributed by atoms with Gasteiger partial charge in [-0.3, -0.25) is 9.22 Å². The van der Waals surface area contributed by atoms with Crippen molar-refractivity contribution in [2.75, 3.05) is 11.3 Å². The average Bonchev–Trinajstić information content (AvgIpc) is 2.79. The molecule has 0 fully saturated rings. The highest BCUT2D eigenvalue weighted by Crippen LogP contribution is 2.45. The largest absolute Gasteiger partial charge is 0.416 e. The Kier molecular flexibility index (Phi) is 5.91. The number of hydrogen-bond acceptors (Lipinski definition) is 5. The van der Waals surface area contributed by atoms with Gasteiger partial charge in [0.2, 0.25) is 0 Å². The van der Waals surface area contributed by atoms with Crippen molar-refractivity contribution in [3.63, 3.8) is 0 Å². The number of hydrazine groups is 2. The first-order chi connectivity index (χ1) is 12.0. The van der Waals surface area contributed by atoms with Gasteiger partial charge in [0.1, 0.15) is 0 Å². The molecule has 0 spiro atoms. The number of halogens is 5. The van der Waals surface area contributed by atoms with E-state index < -0.39 is 28.6 Å². The van der Waals surface area contributed by atoms with Gasteiger partial charge in [0.25, 0.3) is 0 Å². The van der Waals surface area contributed by atoms with Crippen molar-refractivity contribution >= 4 is 39.7 Å². The lowest BCUT2D eigenvalue weighted by atomic mass is 10.1. The third-order valence-corrected chi connectivity index (χ3v) is 5.20. The quantitative estimate of drug-likeness (QED) is 0.596. The molecule has 1 aliphatic rings. The Labute approximate surface area is 160 Å². The van der Waals surface area contributed by atoms with Crippen LogP contribution in [0.4, 0.5) is 18.9 Å². The lowest BCUT2D eigenvalue weighted by Crippen LogP contribution is -2.48. The zero-order valence-electron chi connectivity index (χ0n) is 13.1. The summed E-state index contributed by atoms with van der Waals surface area (Å²) in [6, 6.07) is 2.11. The van der Waals surface area contributed by atoms with E-state index >= 15 is 0 Å². The van der Waals surface area contributed by atoms with Crippen molar-refractivity contribution in [3.8, 4) is 18.4 Å². The molecule has 11 heteroatoms. The summed E-state index contributed by atoms with van der Waals surface area (Å²) in [6.45, 7) is 0. The second-order valence-corrected chi connectivity index (χ2v) is 7.32. The summed E-state index contributed by atoms with van der Waals surface area (Å²) in [7, 11) is -1.62. The van der Waals surface area contributed by atoms with Crippen LogP contribution in [0.2, 0.25) is 10.0 Å². The van der Waals surface area contributed by atoms with Crippen molar-refractivity contribution in [1.82, 2.24) is 5.12 Å². The van der Waals surface area contributed by atoms with Crippen molar-refractivity contribution in [1.29, 1.82) is 5.26 Å². The smallest absolute Gasteiger partial charge is 0.259 e. The molecule has 0 aromatic heterocycles. The maximum absolute atomic E-state index is 12.9. The molecule has 26 heavy (non-hydrogen) atoms. The van der Waals surface area contributed by atoms with Gasteiger partial charge >= 0.3 is 6.18 Å². The number of nitrogens with zero attached hydrogens (tertiary/aromatic N) is 3. The van der Waals surface area contributed by atoms with Crippen molar-refractivity contribution in [2.45, 2.75) is 18.6 Å². The molecule has 2 atom stereocenters. The number of nitrogens with two attached hydrogens (primary N) is 1. The van der Waals surface area contributed by atoms with E-state index in [0.29, 0.717) is 12.1 Å². The number of nitriles is 1. The Bertz CT molecular complexity index is 865. The van der Waals surface area contributed by atoms with Gasteiger partial charge < -0.3 is 0 Å². The standard InChI is InChI=1S/C15H11Cl2F3N4OS/c1-3-4-11-14(26(2)25)12(7-21)24(22)23(11)13-9(16)5-8(6-10(13)17)15(18,19)20/h1,5-6,12H,4,22H2,2H3. The summed E-state index contributed by atoms with van der Waals surface area (Å²) in [5.41, 5.74) is -0.932. The fraction of sp³-hybridized carbons (Fsp3) is 0.267. The fourth-order valence-electron chi connectivity index (χ4n) is 2.52. The monoisotopic (exact) mass is 422 g/mol. The molecule has 2 rings (SSSR count). The van der Waals surface area contributed by atoms with Gasteiger partial charge in [-0.1, -0.05) is 23.2 Å². The van der Waals surface area contributed by atoms with E-state index in [1.165, 1.54) is 6.26 Å². The normalized spacial score (nSPS) is 19.4. The minimum Gasteiger partial charge on any atom is -0.259 e. The van der Waals surface area contributed by atoms with Crippen molar-refractivity contribution < 1.29 is 17.4 Å². The number of benzene rings is 1. The van der Waals surface area contributed by atoms with Crippen LogP contribution in [-0.2, 0) is 17.0 Å². The van der Waals surface area contributed by atoms with Gasteiger partial charge in [-0.25, -0.2) is 5.84 Å². The highest BCUT2D eigenvalue weighted by atomic mass is 35.5. The Morgan fingerprint density at radius 3 is 2.31 bits per heavy atom. The molecular formula is C15H11Cl2F3N4OS. The number of rotatable bonds is 3. The Morgan fingerprint density at radius 2 is 1.92 bits per heavy atom. The summed E-state index contributed by atoms with van der Waals surface area (Å²) >= 11 is 12.1. The van der Waals surface area contributed by atoms with Crippen LogP contribution >= 0.6 is 23.2 Å². The Balaban J connectivity index is 2.73. The van der Waals surface area contributed by atoms with Crippen molar-refractivity contribution in [2.24, 2.45) is 5.84 Å². The molecule has 1 aliphatic heterocycles. The van der Waals surface area contributed by atoms with E-state index in [1.54, 1.807) is 0 Å². The fourth-order valence-corrected chi connectivity index (χ4v) is 4.13. The summed E-state index contributed by atoms with van der Waals surface area (Å²) in [5.74, 6) is 8.27. The molecule has 0 saturated carbocycles. The summed E-state index contributed by atoms with van der Waals surface area (Å²) in [5, 5.41) is 10.7. The van der Waals surface area contributed by atoms with Gasteiger partial charge in [0.15, 0.2) is 6.04 Å². The molecule has 138 valence electrons. The zero-order valence-corrected chi connectivity index (χ0v) is 15.5. The molecule has 2 N–H and O–H groups in total. The lowest BCUT2D eigenvalue weighted by molar-refractivity contribution is -0.137. The minimum atomic E-state index is -4.65. The van der Waals surface area contributed by atoms with Crippen LogP contribution in [0.1, 0.15) is 12.0 Å². The van der Waals surface area contributed by atoms with Crippen molar-refractivity contribution in [3.05, 3.63) is 38.3 Å². The van der Waals surface area contributed by atoms with Crippen LogP contribution in [0, 0.1) is 23.7 Å². The first-order valence-corrected chi connectivity index (χ1v) is 9.15.